The van der Waals surface area contributed by atoms with Crippen LogP contribution in [0.3, 0.4) is 0 Å². The number of halogens is 5. The molecule has 0 unspecified atom stereocenters. The van der Waals surface area contributed by atoms with E-state index in [0.29, 0.717) is 12.1 Å². The molecular formula is C13H7ClF4N2O. The zero-order valence-corrected chi connectivity index (χ0v) is 10.9. The van der Waals surface area contributed by atoms with Gasteiger partial charge in [0.15, 0.2) is 5.82 Å². The van der Waals surface area contributed by atoms with Crippen molar-refractivity contribution in [1.29, 1.82) is 0 Å². The van der Waals surface area contributed by atoms with Crippen molar-refractivity contribution in [3.05, 3.63) is 58.1 Å². The maximum absolute atomic E-state index is 13.5. The fourth-order valence-corrected chi connectivity index (χ4v) is 1.82. The molecule has 0 spiro atoms. The van der Waals surface area contributed by atoms with E-state index in [1.807, 2.05) is 5.32 Å². The van der Waals surface area contributed by atoms with Gasteiger partial charge in [0.1, 0.15) is 17.5 Å². The topological polar surface area (TPSA) is 55.1 Å². The Hall–Kier alpha value is -2.28. The Kier molecular flexibility index (Phi) is 4.04. The first kappa shape index (κ1) is 15.1. The minimum atomic E-state index is -1.18. The van der Waals surface area contributed by atoms with Crippen LogP contribution in [0.4, 0.5) is 28.9 Å². The van der Waals surface area contributed by atoms with Gasteiger partial charge in [0.25, 0.3) is 5.91 Å². The van der Waals surface area contributed by atoms with Gasteiger partial charge < -0.3 is 11.1 Å². The smallest absolute Gasteiger partial charge is 0.258 e. The van der Waals surface area contributed by atoms with Gasteiger partial charge in [-0.3, -0.25) is 4.79 Å². The zero-order chi connectivity index (χ0) is 15.7. The molecular weight excluding hydrogens is 312 g/mol. The van der Waals surface area contributed by atoms with E-state index >= 15 is 0 Å². The van der Waals surface area contributed by atoms with Crippen LogP contribution in [0.25, 0.3) is 0 Å². The summed E-state index contributed by atoms with van der Waals surface area (Å²) in [5, 5.41) is 1.57. The first-order valence-electron chi connectivity index (χ1n) is 5.50. The Balaban J connectivity index is 2.37. The summed E-state index contributed by atoms with van der Waals surface area (Å²) in [5.74, 6) is -5.39. The number of hydrogen-bond acceptors (Lipinski definition) is 2. The highest BCUT2D eigenvalue weighted by Crippen LogP contribution is 2.27. The van der Waals surface area contributed by atoms with E-state index in [0.717, 1.165) is 12.1 Å². The molecule has 3 N–H and O–H groups in total. The predicted molar refractivity (Wildman–Crippen MR) is 70.1 cm³/mol. The summed E-state index contributed by atoms with van der Waals surface area (Å²) in [6.45, 7) is 0. The van der Waals surface area contributed by atoms with Gasteiger partial charge in [-0.05, 0) is 12.1 Å². The Bertz CT molecular complexity index is 713. The van der Waals surface area contributed by atoms with Crippen LogP contribution in [-0.4, -0.2) is 5.91 Å². The van der Waals surface area contributed by atoms with E-state index in [2.05, 4.69) is 0 Å². The molecule has 110 valence electrons. The molecule has 8 heteroatoms. The van der Waals surface area contributed by atoms with Gasteiger partial charge in [0, 0.05) is 12.1 Å². The lowest BCUT2D eigenvalue weighted by atomic mass is 10.1. The molecule has 1 amide bonds. The highest BCUT2D eigenvalue weighted by atomic mass is 35.5. The van der Waals surface area contributed by atoms with E-state index in [9.17, 15) is 22.4 Å². The van der Waals surface area contributed by atoms with Gasteiger partial charge in [0.2, 0.25) is 0 Å². The molecule has 0 radical (unpaired) electrons. The number of carbonyl (C=O) groups is 1. The van der Waals surface area contributed by atoms with Crippen LogP contribution in [-0.2, 0) is 0 Å². The molecule has 0 bridgehead atoms. The Labute approximate surface area is 121 Å². The fourth-order valence-electron chi connectivity index (χ4n) is 1.58. The molecule has 2 aromatic rings. The Morgan fingerprint density at radius 1 is 1.00 bits per heavy atom. The van der Waals surface area contributed by atoms with Gasteiger partial charge in [-0.15, -0.1) is 0 Å². The minimum absolute atomic E-state index is 0.406. The fraction of sp³-hybridized carbons (Fsp3) is 0. The number of rotatable bonds is 2. The molecule has 0 heterocycles. The summed E-state index contributed by atoms with van der Waals surface area (Å²) in [4.78, 5) is 11.8. The maximum Gasteiger partial charge on any atom is 0.258 e. The molecule has 2 rings (SSSR count). The predicted octanol–water partition coefficient (Wildman–Crippen LogP) is 3.73. The van der Waals surface area contributed by atoms with Crippen LogP contribution < -0.4 is 11.1 Å². The standard InChI is InChI=1S/C13H7ClF4N2O/c14-7-1-5(15)2-10(18)12(7)20-13(21)6-3-11(19)9(17)4-8(6)16/h1-4H,19H2,(H,20,21). The van der Waals surface area contributed by atoms with E-state index in [1.54, 1.807) is 0 Å². The maximum atomic E-state index is 13.5. The highest BCUT2D eigenvalue weighted by molar-refractivity contribution is 6.34. The first-order chi connectivity index (χ1) is 9.79. The first-order valence-corrected chi connectivity index (χ1v) is 5.88. The van der Waals surface area contributed by atoms with E-state index < -0.39 is 51.1 Å². The van der Waals surface area contributed by atoms with Crippen molar-refractivity contribution in [2.45, 2.75) is 0 Å². The molecule has 0 aliphatic heterocycles. The van der Waals surface area contributed by atoms with Gasteiger partial charge in [-0.1, -0.05) is 11.6 Å². The lowest BCUT2D eigenvalue weighted by Gasteiger charge is -2.10. The van der Waals surface area contributed by atoms with E-state index in [-0.39, 0.29) is 0 Å². The highest BCUT2D eigenvalue weighted by Gasteiger charge is 2.18. The largest absolute Gasteiger partial charge is 0.396 e. The van der Waals surface area contributed by atoms with Gasteiger partial charge >= 0.3 is 0 Å². The van der Waals surface area contributed by atoms with Crippen molar-refractivity contribution < 1.29 is 22.4 Å². The van der Waals surface area contributed by atoms with Crippen LogP contribution >= 0.6 is 11.6 Å². The molecule has 0 aliphatic carbocycles. The van der Waals surface area contributed by atoms with E-state index in [1.165, 1.54) is 0 Å². The molecule has 21 heavy (non-hydrogen) atoms. The third-order valence-electron chi connectivity index (χ3n) is 2.58. The second kappa shape index (κ2) is 5.61. The van der Waals surface area contributed by atoms with Crippen molar-refractivity contribution in [1.82, 2.24) is 0 Å². The number of nitrogen functional groups attached to an aromatic ring is 1. The average Bonchev–Trinajstić information content (AvgIpc) is 2.37. The number of carbonyl (C=O) groups excluding carboxylic acids is 1. The second-order valence-electron chi connectivity index (χ2n) is 4.05. The number of nitrogens with two attached hydrogens (primary N) is 1. The molecule has 3 nitrogen and oxygen atoms in total. The molecule has 0 saturated heterocycles. The minimum Gasteiger partial charge on any atom is -0.396 e. The van der Waals surface area contributed by atoms with E-state index in [4.69, 9.17) is 17.3 Å². The second-order valence-corrected chi connectivity index (χ2v) is 4.46. The number of benzene rings is 2. The van der Waals surface area contributed by atoms with Crippen LogP contribution in [0.5, 0.6) is 0 Å². The summed E-state index contributed by atoms with van der Waals surface area (Å²) in [5.41, 5.74) is 3.65. The third-order valence-corrected chi connectivity index (χ3v) is 2.87. The summed E-state index contributed by atoms with van der Waals surface area (Å²) < 4.78 is 52.9. The summed E-state index contributed by atoms with van der Waals surface area (Å²) in [6, 6.07) is 2.45. The molecule has 0 saturated carbocycles. The molecule has 0 aliphatic rings. The SMILES string of the molecule is Nc1cc(C(=O)Nc2c(F)cc(F)cc2Cl)c(F)cc1F. The summed E-state index contributed by atoms with van der Waals surface area (Å²) in [6.07, 6.45) is 0. The normalized spacial score (nSPS) is 10.5. The van der Waals surface area contributed by atoms with Crippen molar-refractivity contribution in [3.8, 4) is 0 Å². The number of amides is 1. The zero-order valence-electron chi connectivity index (χ0n) is 10.2. The Morgan fingerprint density at radius 2 is 1.67 bits per heavy atom. The summed E-state index contributed by atoms with van der Waals surface area (Å²) >= 11 is 5.59. The lowest BCUT2D eigenvalue weighted by molar-refractivity contribution is 0.102. The van der Waals surface area contributed by atoms with Crippen molar-refractivity contribution in [3.63, 3.8) is 0 Å². The Morgan fingerprint density at radius 3 is 2.29 bits per heavy atom. The van der Waals surface area contributed by atoms with Crippen LogP contribution in [0.2, 0.25) is 5.02 Å². The van der Waals surface area contributed by atoms with Crippen molar-refractivity contribution in [2.75, 3.05) is 11.1 Å². The van der Waals surface area contributed by atoms with Crippen molar-refractivity contribution in [2.24, 2.45) is 0 Å². The summed E-state index contributed by atoms with van der Waals surface area (Å²) in [7, 11) is 0. The quantitative estimate of drug-likeness (QED) is 0.655. The number of hydrogen-bond donors (Lipinski definition) is 2. The number of anilines is 2. The third kappa shape index (κ3) is 3.08. The van der Waals surface area contributed by atoms with Gasteiger partial charge in [-0.25, -0.2) is 17.6 Å². The monoisotopic (exact) mass is 318 g/mol. The van der Waals surface area contributed by atoms with Crippen LogP contribution in [0.1, 0.15) is 10.4 Å². The van der Waals surface area contributed by atoms with Gasteiger partial charge in [-0.2, -0.15) is 0 Å². The van der Waals surface area contributed by atoms with Crippen molar-refractivity contribution >= 4 is 28.9 Å². The number of nitrogens with one attached hydrogen (secondary N) is 1. The van der Waals surface area contributed by atoms with Crippen LogP contribution in [0, 0.1) is 23.3 Å². The van der Waals surface area contributed by atoms with Crippen LogP contribution in [0.15, 0.2) is 24.3 Å². The molecule has 0 atom stereocenters. The molecule has 0 fully saturated rings. The average molecular weight is 319 g/mol. The molecule has 2 aromatic carbocycles. The lowest BCUT2D eigenvalue weighted by Crippen LogP contribution is -2.16. The molecule has 0 aromatic heterocycles. The van der Waals surface area contributed by atoms with Gasteiger partial charge in [0.05, 0.1) is 22.0 Å².